The number of hydrogen-bond donors (Lipinski definition) is 1. The molecule has 0 saturated carbocycles. The Morgan fingerprint density at radius 3 is 2.52 bits per heavy atom. The van der Waals surface area contributed by atoms with Gasteiger partial charge in [-0.3, -0.25) is 4.79 Å². The van der Waals surface area contributed by atoms with Gasteiger partial charge >= 0.3 is 0 Å². The molecule has 1 heterocycles. The maximum Gasteiger partial charge on any atom is 0.266 e. The standard InChI is InChI=1S/C16H13ClN2O2/c1-10-7-12(11(2)21-10)8-13(9-18)16(20)19-15-5-3-14(17)4-6-15/h3-8H,1-2H3,(H,19,20)/b13-8-. The summed E-state index contributed by atoms with van der Waals surface area (Å²) in [7, 11) is 0. The lowest BCUT2D eigenvalue weighted by atomic mass is 10.1. The van der Waals surface area contributed by atoms with Crippen LogP contribution in [0.4, 0.5) is 5.69 Å². The Bertz CT molecular complexity index is 737. The number of benzene rings is 1. The van der Waals surface area contributed by atoms with Crippen LogP contribution in [0.3, 0.4) is 0 Å². The number of carbonyl (C=O) groups excluding carboxylic acids is 1. The summed E-state index contributed by atoms with van der Waals surface area (Å²) in [5, 5.41) is 12.4. The van der Waals surface area contributed by atoms with Gasteiger partial charge in [0.05, 0.1) is 0 Å². The van der Waals surface area contributed by atoms with Crippen molar-refractivity contribution in [1.82, 2.24) is 0 Å². The van der Waals surface area contributed by atoms with Gasteiger partial charge in [-0.1, -0.05) is 11.6 Å². The van der Waals surface area contributed by atoms with Crippen LogP contribution in [0.5, 0.6) is 0 Å². The molecule has 0 aliphatic carbocycles. The number of rotatable bonds is 3. The van der Waals surface area contributed by atoms with Crippen molar-refractivity contribution in [3.63, 3.8) is 0 Å². The molecular weight excluding hydrogens is 288 g/mol. The Morgan fingerprint density at radius 2 is 2.00 bits per heavy atom. The fourth-order valence-corrected chi connectivity index (χ4v) is 1.96. The molecule has 0 aliphatic heterocycles. The number of aryl methyl sites for hydroxylation is 2. The second-order valence-corrected chi connectivity index (χ2v) is 4.94. The molecule has 5 heteroatoms. The Kier molecular flexibility index (Phi) is 4.46. The number of carbonyl (C=O) groups is 1. The average Bonchev–Trinajstić information content (AvgIpc) is 2.76. The van der Waals surface area contributed by atoms with E-state index in [0.29, 0.717) is 16.5 Å². The van der Waals surface area contributed by atoms with Crippen LogP contribution in [0.2, 0.25) is 5.02 Å². The van der Waals surface area contributed by atoms with Crippen molar-refractivity contribution in [1.29, 1.82) is 5.26 Å². The van der Waals surface area contributed by atoms with Crippen LogP contribution in [-0.2, 0) is 4.79 Å². The van der Waals surface area contributed by atoms with E-state index in [9.17, 15) is 4.79 Å². The van der Waals surface area contributed by atoms with Crippen LogP contribution >= 0.6 is 11.6 Å². The molecule has 1 aromatic carbocycles. The van der Waals surface area contributed by atoms with E-state index in [4.69, 9.17) is 21.3 Å². The Balaban J connectivity index is 2.21. The van der Waals surface area contributed by atoms with Gasteiger partial charge in [0.15, 0.2) is 0 Å². The molecule has 0 fully saturated rings. The first-order chi connectivity index (χ1) is 9.99. The first-order valence-electron chi connectivity index (χ1n) is 6.25. The lowest BCUT2D eigenvalue weighted by Gasteiger charge is -2.04. The average molecular weight is 301 g/mol. The summed E-state index contributed by atoms with van der Waals surface area (Å²) in [5.41, 5.74) is 1.30. The first kappa shape index (κ1) is 14.9. The maximum atomic E-state index is 12.1. The van der Waals surface area contributed by atoms with E-state index in [1.807, 2.05) is 13.0 Å². The van der Waals surface area contributed by atoms with Crippen LogP contribution in [-0.4, -0.2) is 5.91 Å². The van der Waals surface area contributed by atoms with Crippen molar-refractivity contribution in [3.8, 4) is 6.07 Å². The van der Waals surface area contributed by atoms with Crippen LogP contribution in [0.25, 0.3) is 6.08 Å². The maximum absolute atomic E-state index is 12.1. The van der Waals surface area contributed by atoms with Crippen molar-refractivity contribution >= 4 is 29.3 Å². The zero-order valence-electron chi connectivity index (χ0n) is 11.6. The molecule has 2 rings (SSSR count). The van der Waals surface area contributed by atoms with Gasteiger partial charge in [-0.05, 0) is 50.3 Å². The van der Waals surface area contributed by atoms with Crippen molar-refractivity contribution in [2.45, 2.75) is 13.8 Å². The van der Waals surface area contributed by atoms with Gasteiger partial charge in [0.25, 0.3) is 5.91 Å². The second kappa shape index (κ2) is 6.29. The molecule has 4 nitrogen and oxygen atoms in total. The van der Waals surface area contributed by atoms with Crippen molar-refractivity contribution in [2.75, 3.05) is 5.32 Å². The van der Waals surface area contributed by atoms with Crippen LogP contribution < -0.4 is 5.32 Å². The quantitative estimate of drug-likeness (QED) is 0.685. The highest BCUT2D eigenvalue weighted by Gasteiger charge is 2.11. The first-order valence-corrected chi connectivity index (χ1v) is 6.63. The topological polar surface area (TPSA) is 66.0 Å². The highest BCUT2D eigenvalue weighted by Crippen LogP contribution is 2.18. The predicted molar refractivity (Wildman–Crippen MR) is 81.9 cm³/mol. The number of amides is 1. The fourth-order valence-electron chi connectivity index (χ4n) is 1.83. The largest absolute Gasteiger partial charge is 0.466 e. The molecule has 0 atom stereocenters. The third-order valence-corrected chi connectivity index (χ3v) is 3.10. The van der Waals surface area contributed by atoms with Gasteiger partial charge in [-0.15, -0.1) is 0 Å². The van der Waals surface area contributed by atoms with E-state index >= 15 is 0 Å². The molecule has 0 aliphatic rings. The molecule has 0 bridgehead atoms. The Hall–Kier alpha value is -2.51. The molecule has 21 heavy (non-hydrogen) atoms. The van der Waals surface area contributed by atoms with Crippen LogP contribution in [0.1, 0.15) is 17.1 Å². The number of halogens is 1. The third kappa shape index (κ3) is 3.74. The Labute approximate surface area is 127 Å². The van der Waals surface area contributed by atoms with Gasteiger partial charge in [0.2, 0.25) is 0 Å². The summed E-state index contributed by atoms with van der Waals surface area (Å²) >= 11 is 5.78. The number of anilines is 1. The van der Waals surface area contributed by atoms with Crippen molar-refractivity contribution in [3.05, 3.63) is 58.0 Å². The minimum absolute atomic E-state index is 0.00819. The molecule has 1 aromatic heterocycles. The summed E-state index contributed by atoms with van der Waals surface area (Å²) in [6.45, 7) is 3.59. The summed E-state index contributed by atoms with van der Waals surface area (Å²) in [6, 6.07) is 10.3. The number of hydrogen-bond acceptors (Lipinski definition) is 3. The zero-order chi connectivity index (χ0) is 15.4. The molecule has 0 saturated heterocycles. The van der Waals surface area contributed by atoms with Gasteiger partial charge in [-0.25, -0.2) is 0 Å². The number of furan rings is 1. The second-order valence-electron chi connectivity index (χ2n) is 4.50. The summed E-state index contributed by atoms with van der Waals surface area (Å²) in [6.07, 6.45) is 1.51. The van der Waals surface area contributed by atoms with Crippen LogP contribution in [0.15, 0.2) is 40.3 Å². The SMILES string of the molecule is Cc1cc(/C=C(/C#N)C(=O)Nc2ccc(Cl)cc2)c(C)o1. The predicted octanol–water partition coefficient (Wildman–Crippen LogP) is 4.10. The van der Waals surface area contributed by atoms with Gasteiger partial charge in [0, 0.05) is 16.3 Å². The summed E-state index contributed by atoms with van der Waals surface area (Å²) < 4.78 is 5.37. The zero-order valence-corrected chi connectivity index (χ0v) is 12.4. The summed E-state index contributed by atoms with van der Waals surface area (Å²) in [4.78, 5) is 12.1. The lowest BCUT2D eigenvalue weighted by molar-refractivity contribution is -0.112. The monoisotopic (exact) mass is 300 g/mol. The smallest absolute Gasteiger partial charge is 0.266 e. The number of nitrogens with one attached hydrogen (secondary N) is 1. The van der Waals surface area contributed by atoms with E-state index in [2.05, 4.69) is 5.32 Å². The fraction of sp³-hybridized carbons (Fsp3) is 0.125. The molecular formula is C16H13ClN2O2. The Morgan fingerprint density at radius 1 is 1.33 bits per heavy atom. The molecule has 2 aromatic rings. The van der Waals surface area contributed by atoms with Gasteiger partial charge < -0.3 is 9.73 Å². The highest BCUT2D eigenvalue weighted by molar-refractivity contribution is 6.30. The molecule has 106 valence electrons. The highest BCUT2D eigenvalue weighted by atomic mass is 35.5. The minimum atomic E-state index is -0.474. The summed E-state index contributed by atoms with van der Waals surface area (Å²) in [5.74, 6) is 0.923. The van der Waals surface area contributed by atoms with Gasteiger partial charge in [-0.2, -0.15) is 5.26 Å². The van der Waals surface area contributed by atoms with Crippen LogP contribution in [0, 0.1) is 25.2 Å². The van der Waals surface area contributed by atoms with E-state index in [0.717, 1.165) is 11.3 Å². The minimum Gasteiger partial charge on any atom is -0.466 e. The molecule has 0 radical (unpaired) electrons. The number of nitriles is 1. The molecule has 1 amide bonds. The van der Waals surface area contributed by atoms with Crippen molar-refractivity contribution in [2.24, 2.45) is 0 Å². The van der Waals surface area contributed by atoms with E-state index in [1.54, 1.807) is 37.3 Å². The van der Waals surface area contributed by atoms with Crippen molar-refractivity contribution < 1.29 is 9.21 Å². The molecule has 1 N–H and O–H groups in total. The normalized spacial score (nSPS) is 11.0. The lowest BCUT2D eigenvalue weighted by Crippen LogP contribution is -2.13. The van der Waals surface area contributed by atoms with E-state index in [-0.39, 0.29) is 5.57 Å². The third-order valence-electron chi connectivity index (χ3n) is 2.85. The van der Waals surface area contributed by atoms with E-state index < -0.39 is 5.91 Å². The van der Waals surface area contributed by atoms with E-state index in [1.165, 1.54) is 6.08 Å². The molecule has 0 spiro atoms. The molecule has 0 unspecified atom stereocenters. The number of nitrogens with zero attached hydrogens (tertiary/aromatic N) is 1. The van der Waals surface area contributed by atoms with Gasteiger partial charge in [0.1, 0.15) is 23.2 Å².